The molecule has 24 heavy (non-hydrogen) atoms. The van der Waals surface area contributed by atoms with Crippen LogP contribution in [0.3, 0.4) is 0 Å². The molecule has 1 unspecified atom stereocenters. The van der Waals surface area contributed by atoms with Gasteiger partial charge in [-0.05, 0) is 5.56 Å². The second kappa shape index (κ2) is 4.38. The number of likely N-dealkylation sites (N-methyl/N-ethyl adjacent to an activating group) is 1. The van der Waals surface area contributed by atoms with Crippen LogP contribution >= 0.6 is 0 Å². The predicted octanol–water partition coefficient (Wildman–Crippen LogP) is -1.91. The van der Waals surface area contributed by atoms with Crippen molar-refractivity contribution in [2.24, 2.45) is 0 Å². The third kappa shape index (κ3) is 1.34. The van der Waals surface area contributed by atoms with Crippen molar-refractivity contribution in [2.75, 3.05) is 13.6 Å². The Morgan fingerprint density at radius 3 is 2.92 bits per heavy atom. The van der Waals surface area contributed by atoms with E-state index in [1.807, 2.05) is 19.2 Å². The molecule has 5 rings (SSSR count). The highest BCUT2D eigenvalue weighted by molar-refractivity contribution is 5.90. The topological polar surface area (TPSA) is 91.4 Å². The Morgan fingerprint density at radius 2 is 2.17 bits per heavy atom. The number of likely N-dealkylation sites (tertiary alicyclic amines) is 1. The number of ether oxygens (including phenoxy) is 1. The van der Waals surface area contributed by atoms with Crippen LogP contribution in [0.15, 0.2) is 12.1 Å². The van der Waals surface area contributed by atoms with E-state index in [0.717, 1.165) is 17.7 Å². The van der Waals surface area contributed by atoms with E-state index in [4.69, 9.17) is 4.74 Å². The van der Waals surface area contributed by atoms with E-state index in [2.05, 4.69) is 0 Å². The lowest BCUT2D eigenvalue weighted by atomic mass is 9.48. The van der Waals surface area contributed by atoms with Crippen molar-refractivity contribution in [1.29, 1.82) is 0 Å². The van der Waals surface area contributed by atoms with E-state index in [9.17, 15) is 20.1 Å². The number of quaternary nitrogens is 1. The molecule has 0 amide bonds. The number of piperidine rings is 1. The fourth-order valence-electron chi connectivity index (χ4n) is 5.93. The van der Waals surface area contributed by atoms with Gasteiger partial charge in [-0.1, -0.05) is 12.1 Å². The molecule has 0 radical (unpaired) electrons. The van der Waals surface area contributed by atoms with Crippen molar-refractivity contribution >= 4 is 5.78 Å². The third-order valence-electron chi connectivity index (χ3n) is 7.00. The van der Waals surface area contributed by atoms with Crippen LogP contribution in [0.5, 0.6) is 5.75 Å². The maximum Gasteiger partial charge on any atom is 0.177 e. The van der Waals surface area contributed by atoms with Crippen LogP contribution in [0.1, 0.15) is 29.5 Å². The van der Waals surface area contributed by atoms with Crippen LogP contribution in [-0.4, -0.2) is 58.5 Å². The van der Waals surface area contributed by atoms with Crippen LogP contribution in [-0.2, 0) is 23.2 Å². The molecule has 1 saturated heterocycles. The molecule has 128 valence electrons. The van der Waals surface area contributed by atoms with E-state index in [1.54, 1.807) is 0 Å². The Morgan fingerprint density at radius 1 is 1.38 bits per heavy atom. The highest BCUT2D eigenvalue weighted by Gasteiger charge is 2.77. The maximum absolute atomic E-state index is 12.7. The van der Waals surface area contributed by atoms with Crippen molar-refractivity contribution in [3.8, 4) is 5.75 Å². The van der Waals surface area contributed by atoms with Crippen molar-refractivity contribution in [1.82, 2.24) is 0 Å². The molecular weight excluding hydrogens is 310 g/mol. The van der Waals surface area contributed by atoms with Gasteiger partial charge in [-0.3, -0.25) is 4.79 Å². The van der Waals surface area contributed by atoms with E-state index >= 15 is 0 Å². The van der Waals surface area contributed by atoms with Gasteiger partial charge in [0.2, 0.25) is 0 Å². The van der Waals surface area contributed by atoms with Gasteiger partial charge in [0.15, 0.2) is 17.5 Å². The fourth-order valence-corrected chi connectivity index (χ4v) is 5.93. The minimum absolute atomic E-state index is 0.0789. The molecule has 1 aromatic carbocycles. The van der Waals surface area contributed by atoms with Gasteiger partial charge in [0.25, 0.3) is 0 Å². The summed E-state index contributed by atoms with van der Waals surface area (Å²) in [6.07, 6.45) is -0.691. The molecule has 4 N–H and O–H groups in total. The van der Waals surface area contributed by atoms with E-state index < -0.39 is 23.2 Å². The number of Topliss-reactive ketones (excluding diaryl/α,β-unsaturated/α-hetero) is 1. The lowest BCUT2D eigenvalue weighted by molar-refractivity contribution is -0.924. The second-order valence-electron chi connectivity index (χ2n) is 7.83. The molecule has 6 heteroatoms. The fraction of sp³-hybridized carbons (Fsp3) is 0.611. The summed E-state index contributed by atoms with van der Waals surface area (Å²) in [5.41, 5.74) is 0.310. The van der Waals surface area contributed by atoms with Crippen LogP contribution < -0.4 is 9.64 Å². The number of carbonyl (C=O) groups excluding carboxylic acids is 1. The molecule has 2 heterocycles. The third-order valence-corrected chi connectivity index (χ3v) is 7.00. The number of nitrogens with one attached hydrogen (secondary N) is 1. The first-order valence-electron chi connectivity index (χ1n) is 8.63. The van der Waals surface area contributed by atoms with E-state index in [-0.39, 0.29) is 24.9 Å². The Kier molecular flexibility index (Phi) is 2.71. The Hall–Kier alpha value is -1.47. The summed E-state index contributed by atoms with van der Waals surface area (Å²) < 4.78 is 6.07. The molecule has 6 atom stereocenters. The summed E-state index contributed by atoms with van der Waals surface area (Å²) in [6, 6.07) is 3.66. The normalized spacial score (nSPS) is 44.9. The number of aliphatic hydroxyl groups is 3. The first-order chi connectivity index (χ1) is 11.4. The zero-order valence-electron chi connectivity index (χ0n) is 13.6. The predicted molar refractivity (Wildman–Crippen MR) is 82.9 cm³/mol. The van der Waals surface area contributed by atoms with Gasteiger partial charge in [-0.2, -0.15) is 0 Å². The second-order valence-corrected chi connectivity index (χ2v) is 7.83. The van der Waals surface area contributed by atoms with Gasteiger partial charge in [0, 0.05) is 30.4 Å². The summed E-state index contributed by atoms with van der Waals surface area (Å²) in [5.74, 6) is 0.400. The molecule has 4 aliphatic rings. The largest absolute Gasteiger partial charge is 0.481 e. The summed E-state index contributed by atoms with van der Waals surface area (Å²) in [7, 11) is 2.04. The maximum atomic E-state index is 12.7. The molecule has 0 aromatic heterocycles. The van der Waals surface area contributed by atoms with Crippen molar-refractivity contribution in [3.63, 3.8) is 0 Å². The summed E-state index contributed by atoms with van der Waals surface area (Å²) in [5, 5.41) is 32.2. The van der Waals surface area contributed by atoms with E-state index in [1.165, 1.54) is 4.90 Å². The monoisotopic (exact) mass is 332 g/mol. The Bertz CT molecular complexity index is 764. The van der Waals surface area contributed by atoms with Crippen LogP contribution in [0.2, 0.25) is 0 Å². The zero-order valence-corrected chi connectivity index (χ0v) is 13.6. The average Bonchev–Trinajstić information content (AvgIpc) is 2.91. The van der Waals surface area contributed by atoms with Gasteiger partial charge in [0.1, 0.15) is 11.8 Å². The molecular formula is C18H22NO5+. The Labute approximate surface area is 139 Å². The molecule has 2 fully saturated rings. The molecule has 1 aromatic rings. The smallest absolute Gasteiger partial charge is 0.177 e. The van der Waals surface area contributed by atoms with Gasteiger partial charge >= 0.3 is 0 Å². The molecule has 6 nitrogen and oxygen atoms in total. The number of carbonyl (C=O) groups is 1. The standard InChI is InChI=1S/C18H21NO5/c1-19-5-4-17-14-9-2-3-10(8-20)15(14)24-16(17)11(21)7-13(22)18(17,23)12(19)6-9/h2-3,12-13,16,20,22-23H,4-8H2,1H3/p+1/t12-,13+,16+,17+,18+/m1/s1. The average molecular weight is 332 g/mol. The Balaban J connectivity index is 1.87. The minimum Gasteiger partial charge on any atom is -0.481 e. The summed E-state index contributed by atoms with van der Waals surface area (Å²) in [6.45, 7) is 0.643. The van der Waals surface area contributed by atoms with Gasteiger partial charge in [-0.15, -0.1) is 0 Å². The van der Waals surface area contributed by atoms with Crippen LogP contribution in [0.25, 0.3) is 0 Å². The highest BCUT2D eigenvalue weighted by Crippen LogP contribution is 2.61. The number of benzene rings is 1. The van der Waals surface area contributed by atoms with Crippen LogP contribution in [0.4, 0.5) is 0 Å². The summed E-state index contributed by atoms with van der Waals surface area (Å²) >= 11 is 0. The molecule has 2 aliphatic heterocycles. The molecule has 1 saturated carbocycles. The van der Waals surface area contributed by atoms with Crippen molar-refractivity contribution in [3.05, 3.63) is 28.8 Å². The molecule has 2 bridgehead atoms. The lowest BCUT2D eigenvalue weighted by Crippen LogP contribution is -3.19. The number of aliphatic hydroxyl groups excluding tert-OH is 2. The number of rotatable bonds is 1. The quantitative estimate of drug-likeness (QED) is 0.482. The number of hydrogen-bond acceptors (Lipinski definition) is 5. The number of ketones is 1. The number of hydrogen-bond donors (Lipinski definition) is 4. The van der Waals surface area contributed by atoms with Crippen LogP contribution in [0, 0.1) is 0 Å². The van der Waals surface area contributed by atoms with Crippen molar-refractivity contribution in [2.45, 2.75) is 55.1 Å². The SMILES string of the molecule is C[NH+]1CC[C@]23c4c5ccc(CO)c4O[C@H]2C(=O)C[C@H](O)[C@@]3(O)[C@H]1C5. The lowest BCUT2D eigenvalue weighted by Gasteiger charge is -2.61. The summed E-state index contributed by atoms with van der Waals surface area (Å²) in [4.78, 5) is 13.9. The van der Waals surface area contributed by atoms with Gasteiger partial charge in [-0.25, -0.2) is 0 Å². The minimum atomic E-state index is -1.37. The van der Waals surface area contributed by atoms with Gasteiger partial charge in [0.05, 0.1) is 31.7 Å². The first kappa shape index (κ1) is 14.8. The van der Waals surface area contributed by atoms with Gasteiger partial charge < -0.3 is 25.0 Å². The first-order valence-corrected chi connectivity index (χ1v) is 8.63. The van der Waals surface area contributed by atoms with E-state index in [0.29, 0.717) is 24.2 Å². The zero-order chi connectivity index (χ0) is 16.9. The molecule has 2 aliphatic carbocycles. The highest BCUT2D eigenvalue weighted by atomic mass is 16.5. The van der Waals surface area contributed by atoms with Crippen molar-refractivity contribution < 1.29 is 29.8 Å². The molecule has 1 spiro atoms.